The van der Waals surface area contributed by atoms with Crippen molar-refractivity contribution >= 4 is 28.2 Å². The molecule has 0 radical (unpaired) electrons. The molecule has 29 heavy (non-hydrogen) atoms. The summed E-state index contributed by atoms with van der Waals surface area (Å²) in [5.41, 5.74) is 0.293. The van der Waals surface area contributed by atoms with Gasteiger partial charge in [-0.1, -0.05) is 44.0 Å². The van der Waals surface area contributed by atoms with Gasteiger partial charge in [-0.3, -0.25) is 4.21 Å². The van der Waals surface area contributed by atoms with E-state index in [1.54, 1.807) is 31.2 Å². The van der Waals surface area contributed by atoms with E-state index in [-0.39, 0.29) is 11.1 Å². The topological polar surface area (TPSA) is 46.9 Å². The Labute approximate surface area is 175 Å². The van der Waals surface area contributed by atoms with Gasteiger partial charge in [0.15, 0.2) is 5.69 Å². The number of nitrogens with one attached hydrogen (secondary N) is 1. The molecule has 3 rings (SSSR count). The summed E-state index contributed by atoms with van der Waals surface area (Å²) in [4.78, 5) is 0.553. The average Bonchev–Trinajstić information content (AvgIpc) is 3.09. The Balaban J connectivity index is 2.16. The Kier molecular flexibility index (Phi) is 6.43. The van der Waals surface area contributed by atoms with Crippen LogP contribution >= 0.6 is 11.6 Å². The van der Waals surface area contributed by atoms with Gasteiger partial charge in [-0.15, -0.1) is 0 Å². The second-order valence-corrected chi connectivity index (χ2v) is 9.18. The molecule has 2 aromatic rings. The first-order valence-corrected chi connectivity index (χ1v) is 11.1. The number of fused-ring (bicyclic) bond motifs is 1. The fourth-order valence-corrected chi connectivity index (χ4v) is 5.60. The van der Waals surface area contributed by atoms with E-state index in [4.69, 9.17) is 11.6 Å². The maximum atomic E-state index is 13.5. The van der Waals surface area contributed by atoms with E-state index in [2.05, 4.69) is 10.4 Å². The molecule has 0 bridgehead atoms. The van der Waals surface area contributed by atoms with Crippen molar-refractivity contribution in [3.63, 3.8) is 0 Å². The molecule has 4 nitrogen and oxygen atoms in total. The van der Waals surface area contributed by atoms with Crippen molar-refractivity contribution in [2.75, 3.05) is 5.32 Å². The van der Waals surface area contributed by atoms with Gasteiger partial charge in [0.25, 0.3) is 0 Å². The Morgan fingerprint density at radius 1 is 1.28 bits per heavy atom. The molecule has 3 atom stereocenters. The molecule has 1 aliphatic rings. The summed E-state index contributed by atoms with van der Waals surface area (Å²) in [7, 11) is -1.39. The standard InChI is InChI=1S/C20H23ClF3N3OS/c1-4-6-15(5-2)29(28)19-12(3)25-17-11-16(20(22,23)24)26-27(17)18(19)13-7-9-14(21)10-8-13/h7-11,15,18,25H,4-6H2,1-3H3. The van der Waals surface area contributed by atoms with Crippen molar-refractivity contribution < 1.29 is 17.4 Å². The number of nitrogens with zero attached hydrogens (tertiary/aromatic N) is 2. The van der Waals surface area contributed by atoms with Crippen LogP contribution in [-0.2, 0) is 17.0 Å². The molecule has 1 aliphatic heterocycles. The van der Waals surface area contributed by atoms with Crippen molar-refractivity contribution in [3.05, 3.63) is 57.2 Å². The molecule has 158 valence electrons. The molecule has 0 spiro atoms. The van der Waals surface area contributed by atoms with Crippen molar-refractivity contribution in [2.45, 2.75) is 57.5 Å². The molecule has 0 fully saturated rings. The van der Waals surface area contributed by atoms with Gasteiger partial charge in [-0.2, -0.15) is 18.3 Å². The van der Waals surface area contributed by atoms with Gasteiger partial charge in [0.2, 0.25) is 0 Å². The van der Waals surface area contributed by atoms with Gasteiger partial charge in [-0.05, 0) is 37.5 Å². The SMILES string of the molecule is CCCC(CC)S(=O)C1=C(C)Nc2cc(C(F)(F)F)nn2C1c1ccc(Cl)cc1. The Morgan fingerprint density at radius 2 is 1.93 bits per heavy atom. The van der Waals surface area contributed by atoms with Gasteiger partial charge in [0.05, 0.1) is 15.7 Å². The van der Waals surface area contributed by atoms with Crippen LogP contribution in [0, 0.1) is 0 Å². The molecule has 0 saturated carbocycles. The molecule has 0 amide bonds. The van der Waals surface area contributed by atoms with Gasteiger partial charge < -0.3 is 5.32 Å². The summed E-state index contributed by atoms with van der Waals surface area (Å²) in [6, 6.07) is 7.10. The van der Waals surface area contributed by atoms with Gasteiger partial charge in [0.1, 0.15) is 11.9 Å². The summed E-state index contributed by atoms with van der Waals surface area (Å²) in [6.45, 7) is 5.75. The van der Waals surface area contributed by atoms with Crippen LogP contribution in [0.15, 0.2) is 40.9 Å². The second kappa shape index (κ2) is 8.52. The molecule has 0 saturated heterocycles. The number of aromatic nitrogens is 2. The Hall–Kier alpha value is -1.80. The first kappa shape index (κ1) is 21.9. The van der Waals surface area contributed by atoms with Crippen LogP contribution in [0.1, 0.15) is 57.3 Å². The van der Waals surface area contributed by atoms with E-state index in [9.17, 15) is 17.4 Å². The normalized spacial score (nSPS) is 18.9. The largest absolute Gasteiger partial charge is 0.435 e. The smallest absolute Gasteiger partial charge is 0.343 e. The highest BCUT2D eigenvalue weighted by atomic mass is 35.5. The second-order valence-electron chi connectivity index (χ2n) is 7.04. The zero-order valence-corrected chi connectivity index (χ0v) is 18.0. The lowest BCUT2D eigenvalue weighted by Crippen LogP contribution is -2.30. The Morgan fingerprint density at radius 3 is 2.48 bits per heavy atom. The third-order valence-corrected chi connectivity index (χ3v) is 7.36. The summed E-state index contributed by atoms with van der Waals surface area (Å²) >= 11 is 6.00. The predicted octanol–water partition coefficient (Wildman–Crippen LogP) is 6.13. The van der Waals surface area contributed by atoms with E-state index in [1.807, 2.05) is 13.8 Å². The summed E-state index contributed by atoms with van der Waals surface area (Å²) in [6.07, 6.45) is -2.21. The highest BCUT2D eigenvalue weighted by Gasteiger charge is 2.40. The number of anilines is 1. The Bertz CT molecular complexity index is 937. The first-order valence-electron chi connectivity index (χ1n) is 9.47. The minimum Gasteiger partial charge on any atom is -0.343 e. The first-order chi connectivity index (χ1) is 13.7. The summed E-state index contributed by atoms with van der Waals surface area (Å²) in [5, 5.41) is 7.24. The molecular weight excluding hydrogens is 423 g/mol. The number of hydrogen-bond acceptors (Lipinski definition) is 3. The maximum absolute atomic E-state index is 13.5. The van der Waals surface area contributed by atoms with Crippen LogP contribution in [0.25, 0.3) is 0 Å². The minimum atomic E-state index is -4.57. The van der Waals surface area contributed by atoms with Crippen molar-refractivity contribution in [3.8, 4) is 0 Å². The number of benzene rings is 1. The molecule has 3 unspecified atom stereocenters. The third kappa shape index (κ3) is 4.38. The fraction of sp³-hybridized carbons (Fsp3) is 0.450. The quantitative estimate of drug-likeness (QED) is 0.581. The molecule has 0 aliphatic carbocycles. The van der Waals surface area contributed by atoms with E-state index >= 15 is 0 Å². The number of halogens is 4. The van der Waals surface area contributed by atoms with Crippen LogP contribution in [0.4, 0.5) is 19.0 Å². The van der Waals surface area contributed by atoms with Gasteiger partial charge in [-0.25, -0.2) is 4.68 Å². The third-order valence-electron chi connectivity index (χ3n) is 4.98. The van der Waals surface area contributed by atoms with Crippen molar-refractivity contribution in [1.29, 1.82) is 0 Å². The number of hydrogen-bond donors (Lipinski definition) is 1. The highest BCUT2D eigenvalue weighted by molar-refractivity contribution is 7.89. The molecule has 1 aromatic carbocycles. The molecule has 2 heterocycles. The molecular formula is C20H23ClF3N3OS. The van der Waals surface area contributed by atoms with Gasteiger partial charge >= 0.3 is 6.18 Å². The van der Waals surface area contributed by atoms with Crippen LogP contribution < -0.4 is 5.32 Å². The number of rotatable bonds is 6. The lowest BCUT2D eigenvalue weighted by atomic mass is 10.0. The van der Waals surface area contributed by atoms with E-state index in [1.165, 1.54) is 4.68 Å². The number of allylic oxidation sites excluding steroid dienone is 2. The van der Waals surface area contributed by atoms with Crippen LogP contribution in [0.2, 0.25) is 5.02 Å². The fourth-order valence-electron chi connectivity index (χ4n) is 3.56. The van der Waals surface area contributed by atoms with Crippen LogP contribution in [0.3, 0.4) is 0 Å². The zero-order chi connectivity index (χ0) is 21.3. The minimum absolute atomic E-state index is 0.0826. The lowest BCUT2D eigenvalue weighted by molar-refractivity contribution is -0.141. The lowest BCUT2D eigenvalue weighted by Gasteiger charge is -2.31. The maximum Gasteiger partial charge on any atom is 0.435 e. The highest BCUT2D eigenvalue weighted by Crippen LogP contribution is 2.41. The predicted molar refractivity (Wildman–Crippen MR) is 110 cm³/mol. The van der Waals surface area contributed by atoms with Crippen molar-refractivity contribution in [1.82, 2.24) is 9.78 Å². The van der Waals surface area contributed by atoms with E-state index in [0.717, 1.165) is 18.9 Å². The number of alkyl halides is 3. The monoisotopic (exact) mass is 445 g/mol. The summed E-state index contributed by atoms with van der Waals surface area (Å²) in [5.74, 6) is 0.221. The van der Waals surface area contributed by atoms with Crippen LogP contribution in [0.5, 0.6) is 0 Å². The summed E-state index contributed by atoms with van der Waals surface area (Å²) < 4.78 is 54.7. The van der Waals surface area contributed by atoms with Crippen molar-refractivity contribution in [2.24, 2.45) is 0 Å². The zero-order valence-electron chi connectivity index (χ0n) is 16.4. The van der Waals surface area contributed by atoms with E-state index < -0.39 is 28.7 Å². The van der Waals surface area contributed by atoms with Crippen LogP contribution in [-0.4, -0.2) is 19.2 Å². The molecule has 1 N–H and O–H groups in total. The average molecular weight is 446 g/mol. The molecule has 9 heteroatoms. The molecule has 1 aromatic heterocycles. The van der Waals surface area contributed by atoms with E-state index in [0.29, 0.717) is 27.6 Å². The van der Waals surface area contributed by atoms with Gasteiger partial charge in [0, 0.05) is 22.0 Å².